The second kappa shape index (κ2) is 7.56. The first-order chi connectivity index (χ1) is 14.4. The van der Waals surface area contributed by atoms with E-state index in [2.05, 4.69) is 5.32 Å². The highest BCUT2D eigenvalue weighted by molar-refractivity contribution is 6.12. The van der Waals surface area contributed by atoms with Crippen LogP contribution in [0.3, 0.4) is 0 Å². The Balaban J connectivity index is 1.80. The summed E-state index contributed by atoms with van der Waals surface area (Å²) in [5.41, 5.74) is 8.35. The van der Waals surface area contributed by atoms with Crippen LogP contribution in [-0.4, -0.2) is 22.8 Å². The number of benzene rings is 3. The molecule has 0 atom stereocenters. The Hall–Kier alpha value is -4.39. The first-order valence-electron chi connectivity index (χ1n) is 9.04. The largest absolute Gasteiger partial charge is 0.478 e. The van der Waals surface area contributed by atoms with Gasteiger partial charge in [0.15, 0.2) is 0 Å². The summed E-state index contributed by atoms with van der Waals surface area (Å²) in [6.45, 7) is 0. The number of fused-ring (bicyclic) bond motifs is 1. The minimum atomic E-state index is -1.09. The molecule has 4 rings (SSSR count). The zero-order valence-corrected chi connectivity index (χ0v) is 15.7. The molecule has 1 amide bonds. The van der Waals surface area contributed by atoms with Gasteiger partial charge in [-0.15, -0.1) is 0 Å². The third-order valence-corrected chi connectivity index (χ3v) is 4.74. The fourth-order valence-corrected chi connectivity index (χ4v) is 3.26. The average molecular weight is 399 g/mol. The topological polar surface area (TPSA) is 129 Å². The third-order valence-electron chi connectivity index (χ3n) is 4.74. The van der Waals surface area contributed by atoms with Gasteiger partial charge < -0.3 is 20.6 Å². The van der Waals surface area contributed by atoms with E-state index in [0.29, 0.717) is 33.5 Å². The Morgan fingerprint density at radius 1 is 0.933 bits per heavy atom. The number of carboxylic acid groups (broad SMARTS) is 1. The number of nitrogen functional groups attached to an aromatic ring is 1. The molecule has 0 saturated heterocycles. The molecule has 0 aliphatic rings. The van der Waals surface area contributed by atoms with E-state index in [9.17, 15) is 14.7 Å². The zero-order chi connectivity index (χ0) is 21.3. The fourth-order valence-electron chi connectivity index (χ4n) is 3.26. The Kier molecular flexibility index (Phi) is 4.77. The van der Waals surface area contributed by atoms with Gasteiger partial charge in [0.25, 0.3) is 5.91 Å². The van der Waals surface area contributed by atoms with Crippen LogP contribution in [0.2, 0.25) is 0 Å². The Morgan fingerprint density at radius 2 is 1.67 bits per heavy atom. The third kappa shape index (κ3) is 3.51. The highest BCUT2D eigenvalue weighted by atomic mass is 16.4. The summed E-state index contributed by atoms with van der Waals surface area (Å²) >= 11 is 0. The zero-order valence-electron chi connectivity index (χ0n) is 15.7. The van der Waals surface area contributed by atoms with E-state index in [1.165, 1.54) is 12.3 Å². The molecule has 7 heteroatoms. The number of hydrogen-bond donors (Lipinski definition) is 4. The van der Waals surface area contributed by atoms with Gasteiger partial charge >= 0.3 is 5.97 Å². The van der Waals surface area contributed by atoms with E-state index in [1.54, 1.807) is 60.7 Å². The van der Waals surface area contributed by atoms with E-state index in [4.69, 9.17) is 15.6 Å². The van der Waals surface area contributed by atoms with Gasteiger partial charge in [0.05, 0.1) is 11.8 Å². The molecule has 0 unspecified atom stereocenters. The van der Waals surface area contributed by atoms with E-state index < -0.39 is 11.9 Å². The van der Waals surface area contributed by atoms with Crippen molar-refractivity contribution in [1.82, 2.24) is 0 Å². The predicted octanol–water partition coefficient (Wildman–Crippen LogP) is 4.33. The summed E-state index contributed by atoms with van der Waals surface area (Å²) in [4.78, 5) is 24.8. The number of hydrogen-bond acceptors (Lipinski definition) is 4. The van der Waals surface area contributed by atoms with E-state index in [0.717, 1.165) is 5.39 Å². The van der Waals surface area contributed by atoms with Gasteiger partial charge in [-0.05, 0) is 59.7 Å². The first kappa shape index (κ1) is 18.9. The maximum absolute atomic E-state index is 13.1. The van der Waals surface area contributed by atoms with Gasteiger partial charge in [-0.25, -0.2) is 4.79 Å². The number of aromatic carboxylic acids is 1. The number of carboxylic acids is 1. The number of amidine groups is 1. The smallest absolute Gasteiger partial charge is 0.336 e. The van der Waals surface area contributed by atoms with Crippen molar-refractivity contribution in [3.8, 4) is 11.1 Å². The summed E-state index contributed by atoms with van der Waals surface area (Å²) in [5, 5.41) is 20.6. The van der Waals surface area contributed by atoms with Crippen LogP contribution in [0, 0.1) is 5.41 Å². The molecule has 1 heterocycles. The minimum Gasteiger partial charge on any atom is -0.478 e. The number of nitrogens with one attached hydrogen (secondary N) is 2. The highest BCUT2D eigenvalue weighted by Gasteiger charge is 2.20. The van der Waals surface area contributed by atoms with Crippen molar-refractivity contribution < 1.29 is 19.1 Å². The molecule has 0 aliphatic carbocycles. The van der Waals surface area contributed by atoms with Gasteiger partial charge in [-0.2, -0.15) is 0 Å². The molecule has 5 N–H and O–H groups in total. The number of nitrogens with two attached hydrogens (primary N) is 1. The number of furan rings is 1. The van der Waals surface area contributed by atoms with Crippen molar-refractivity contribution in [2.45, 2.75) is 0 Å². The number of amides is 1. The SMILES string of the molecule is N=C(N)c1ccc(NC(=O)c2cc3ccoc3cc2-c2ccccc2C(=O)O)cc1. The lowest BCUT2D eigenvalue weighted by Crippen LogP contribution is -2.15. The molecule has 1 aromatic heterocycles. The van der Waals surface area contributed by atoms with Gasteiger partial charge in [0, 0.05) is 22.2 Å². The molecule has 0 radical (unpaired) electrons. The molecule has 7 nitrogen and oxygen atoms in total. The standard InChI is InChI=1S/C23H17N3O4/c24-21(25)13-5-7-15(8-6-13)26-22(27)19-11-14-9-10-30-20(14)12-18(19)16-3-1-2-4-17(16)23(28)29/h1-12H,(H3,24,25)(H,26,27)(H,28,29). The van der Waals surface area contributed by atoms with Crippen molar-refractivity contribution in [2.24, 2.45) is 5.73 Å². The van der Waals surface area contributed by atoms with Crippen LogP contribution < -0.4 is 11.1 Å². The molecular formula is C23H17N3O4. The molecule has 0 saturated carbocycles. The van der Waals surface area contributed by atoms with Crippen molar-refractivity contribution in [3.05, 3.63) is 89.7 Å². The van der Waals surface area contributed by atoms with Crippen LogP contribution in [0.5, 0.6) is 0 Å². The van der Waals surface area contributed by atoms with E-state index in [1.807, 2.05) is 0 Å². The van der Waals surface area contributed by atoms with Gasteiger partial charge in [0.1, 0.15) is 11.4 Å². The van der Waals surface area contributed by atoms with Crippen LogP contribution in [-0.2, 0) is 0 Å². The Labute approximate surface area is 171 Å². The quantitative estimate of drug-likeness (QED) is 0.293. The second-order valence-corrected chi connectivity index (χ2v) is 6.65. The van der Waals surface area contributed by atoms with Crippen molar-refractivity contribution in [3.63, 3.8) is 0 Å². The Morgan fingerprint density at radius 3 is 2.37 bits per heavy atom. The molecule has 30 heavy (non-hydrogen) atoms. The number of carbonyl (C=O) groups is 2. The maximum Gasteiger partial charge on any atom is 0.336 e. The van der Waals surface area contributed by atoms with Crippen LogP contribution in [0.25, 0.3) is 22.1 Å². The summed E-state index contributed by atoms with van der Waals surface area (Å²) < 4.78 is 5.46. The van der Waals surface area contributed by atoms with Crippen LogP contribution >= 0.6 is 0 Å². The minimum absolute atomic E-state index is 0.0640. The lowest BCUT2D eigenvalue weighted by atomic mass is 9.94. The average Bonchev–Trinajstić information content (AvgIpc) is 3.20. The lowest BCUT2D eigenvalue weighted by molar-refractivity contribution is 0.0697. The summed E-state index contributed by atoms with van der Waals surface area (Å²) in [6.07, 6.45) is 1.51. The number of carbonyl (C=O) groups excluding carboxylic acids is 1. The summed E-state index contributed by atoms with van der Waals surface area (Å²) in [7, 11) is 0. The first-order valence-corrected chi connectivity index (χ1v) is 9.04. The van der Waals surface area contributed by atoms with Gasteiger partial charge in [-0.1, -0.05) is 18.2 Å². The number of anilines is 1. The normalized spacial score (nSPS) is 10.7. The van der Waals surface area contributed by atoms with Crippen LogP contribution in [0.4, 0.5) is 5.69 Å². The fraction of sp³-hybridized carbons (Fsp3) is 0. The lowest BCUT2D eigenvalue weighted by Gasteiger charge is -2.13. The van der Waals surface area contributed by atoms with Crippen molar-refractivity contribution >= 4 is 34.4 Å². The van der Waals surface area contributed by atoms with Gasteiger partial charge in [0.2, 0.25) is 0 Å². The predicted molar refractivity (Wildman–Crippen MR) is 114 cm³/mol. The number of rotatable bonds is 5. The summed E-state index contributed by atoms with van der Waals surface area (Å²) in [5.74, 6) is -1.55. The van der Waals surface area contributed by atoms with Crippen LogP contribution in [0.1, 0.15) is 26.3 Å². The van der Waals surface area contributed by atoms with E-state index in [-0.39, 0.29) is 11.4 Å². The van der Waals surface area contributed by atoms with E-state index >= 15 is 0 Å². The molecule has 0 bridgehead atoms. The van der Waals surface area contributed by atoms with Gasteiger partial charge in [-0.3, -0.25) is 10.2 Å². The van der Waals surface area contributed by atoms with Crippen molar-refractivity contribution in [1.29, 1.82) is 5.41 Å². The van der Waals surface area contributed by atoms with Crippen molar-refractivity contribution in [2.75, 3.05) is 5.32 Å². The molecule has 3 aromatic carbocycles. The molecule has 4 aromatic rings. The molecular weight excluding hydrogens is 382 g/mol. The monoisotopic (exact) mass is 399 g/mol. The molecule has 0 fully saturated rings. The molecule has 0 aliphatic heterocycles. The van der Waals surface area contributed by atoms with Crippen LogP contribution in [0.15, 0.2) is 77.4 Å². The molecule has 0 spiro atoms. The Bertz CT molecular complexity index is 1290. The maximum atomic E-state index is 13.1. The molecule has 148 valence electrons. The highest BCUT2D eigenvalue weighted by Crippen LogP contribution is 2.32. The summed E-state index contributed by atoms with van der Waals surface area (Å²) in [6, 6.07) is 18.2. The second-order valence-electron chi connectivity index (χ2n) is 6.65.